The molecule has 8 heteroatoms. The number of hydrogen-bond acceptors (Lipinski definition) is 7. The van der Waals surface area contributed by atoms with Crippen molar-refractivity contribution in [3.8, 4) is 0 Å². The summed E-state index contributed by atoms with van der Waals surface area (Å²) in [4.78, 5) is 16.7. The maximum absolute atomic E-state index is 12.6. The smallest absolute Gasteiger partial charge is 0.230 e. The molecule has 0 saturated carbocycles. The molecule has 1 unspecified atom stereocenters. The molecule has 1 aromatic carbocycles. The van der Waals surface area contributed by atoms with Crippen LogP contribution in [0.2, 0.25) is 0 Å². The number of carbonyl (C=O) groups is 1. The van der Waals surface area contributed by atoms with Gasteiger partial charge >= 0.3 is 0 Å². The van der Waals surface area contributed by atoms with Gasteiger partial charge in [-0.2, -0.15) is 0 Å². The molecule has 1 atom stereocenters. The molecule has 1 amide bonds. The fourth-order valence-electron chi connectivity index (χ4n) is 2.80. The van der Waals surface area contributed by atoms with E-state index in [0.717, 1.165) is 16.5 Å². The molecule has 0 aliphatic rings. The van der Waals surface area contributed by atoms with Crippen LogP contribution in [0.15, 0.2) is 63.7 Å². The summed E-state index contributed by atoms with van der Waals surface area (Å²) in [5, 5.41) is 11.5. The molecule has 136 valence electrons. The lowest BCUT2D eigenvalue weighted by atomic mass is 10.1. The number of benzene rings is 1. The summed E-state index contributed by atoms with van der Waals surface area (Å²) in [6, 6.07) is 12.8. The van der Waals surface area contributed by atoms with Crippen LogP contribution in [0.3, 0.4) is 0 Å². The van der Waals surface area contributed by atoms with Gasteiger partial charge < -0.3 is 19.9 Å². The van der Waals surface area contributed by atoms with E-state index in [-0.39, 0.29) is 24.8 Å². The van der Waals surface area contributed by atoms with E-state index in [4.69, 9.17) is 14.6 Å². The molecule has 0 spiro atoms. The molecule has 3 aromatic heterocycles. The largest absolute Gasteiger partial charge is 0.459 e. The Hall–Kier alpha value is -3.52. The number of hydrogen-bond donors (Lipinski definition) is 2. The summed E-state index contributed by atoms with van der Waals surface area (Å²) in [6.07, 6.45) is 3.31. The van der Waals surface area contributed by atoms with E-state index in [1.54, 1.807) is 12.4 Å². The molecule has 3 heterocycles. The summed E-state index contributed by atoms with van der Waals surface area (Å²) in [5.74, 6) is 0.837. The van der Waals surface area contributed by atoms with Crippen LogP contribution in [0, 0.1) is 0 Å². The van der Waals surface area contributed by atoms with Gasteiger partial charge in [0.2, 0.25) is 17.7 Å². The third-order valence-electron chi connectivity index (χ3n) is 4.05. The van der Waals surface area contributed by atoms with Gasteiger partial charge in [-0.05, 0) is 18.2 Å². The Balaban J connectivity index is 1.61. The van der Waals surface area contributed by atoms with Crippen molar-refractivity contribution in [3.63, 3.8) is 0 Å². The first-order chi connectivity index (χ1) is 13.2. The minimum Gasteiger partial charge on any atom is -0.459 e. The summed E-state index contributed by atoms with van der Waals surface area (Å²) in [6.45, 7) is 0.131. The van der Waals surface area contributed by atoms with E-state index in [1.165, 1.54) is 0 Å². The van der Waals surface area contributed by atoms with Gasteiger partial charge in [-0.25, -0.2) is 0 Å². The Morgan fingerprint density at radius 1 is 1.11 bits per heavy atom. The van der Waals surface area contributed by atoms with Crippen molar-refractivity contribution >= 4 is 16.9 Å². The van der Waals surface area contributed by atoms with E-state index in [2.05, 4.69) is 20.5 Å². The van der Waals surface area contributed by atoms with Crippen molar-refractivity contribution in [1.29, 1.82) is 0 Å². The summed E-state index contributed by atoms with van der Waals surface area (Å²) in [7, 11) is 0. The molecule has 0 saturated heterocycles. The van der Waals surface area contributed by atoms with Crippen molar-refractivity contribution in [1.82, 2.24) is 20.5 Å². The van der Waals surface area contributed by atoms with Crippen LogP contribution in [0.25, 0.3) is 11.0 Å². The fraction of sp³-hybridized carbons (Fsp3) is 0.158. The molecule has 0 bridgehead atoms. The quantitative estimate of drug-likeness (QED) is 0.538. The van der Waals surface area contributed by atoms with Gasteiger partial charge in [-0.3, -0.25) is 9.78 Å². The number of nitrogens with zero attached hydrogens (tertiary/aromatic N) is 3. The Morgan fingerprint density at radius 3 is 2.70 bits per heavy atom. The Morgan fingerprint density at radius 2 is 1.96 bits per heavy atom. The first kappa shape index (κ1) is 16.9. The van der Waals surface area contributed by atoms with Crippen molar-refractivity contribution in [2.24, 2.45) is 5.73 Å². The van der Waals surface area contributed by atoms with Crippen LogP contribution in [0.1, 0.15) is 29.1 Å². The van der Waals surface area contributed by atoms with E-state index in [0.29, 0.717) is 11.7 Å². The van der Waals surface area contributed by atoms with E-state index in [1.807, 2.05) is 42.5 Å². The number of fused-ring (bicyclic) bond motifs is 1. The molecule has 0 aliphatic heterocycles. The second kappa shape index (κ2) is 7.38. The monoisotopic (exact) mass is 363 g/mol. The zero-order valence-electron chi connectivity index (χ0n) is 14.3. The van der Waals surface area contributed by atoms with Gasteiger partial charge in [0.15, 0.2) is 0 Å². The number of carbonyl (C=O) groups excluding carboxylic acids is 1. The first-order valence-corrected chi connectivity index (χ1v) is 8.42. The molecule has 0 fully saturated rings. The normalized spacial score (nSPS) is 12.2. The SMILES string of the molecule is NCc1nnc(CC(=O)NC(c2cccnc2)c2cc3ccccc3o2)o1. The van der Waals surface area contributed by atoms with Gasteiger partial charge in [0, 0.05) is 23.3 Å². The maximum Gasteiger partial charge on any atom is 0.230 e. The average Bonchev–Trinajstić information content (AvgIpc) is 3.33. The molecular weight excluding hydrogens is 346 g/mol. The predicted octanol–water partition coefficient (Wildman–Crippen LogP) is 2.12. The van der Waals surface area contributed by atoms with Crippen LogP contribution < -0.4 is 11.1 Å². The number of nitrogens with two attached hydrogens (primary N) is 1. The first-order valence-electron chi connectivity index (χ1n) is 8.42. The second-order valence-electron chi connectivity index (χ2n) is 5.94. The van der Waals surface area contributed by atoms with Gasteiger partial charge in [-0.1, -0.05) is 24.3 Å². The number of rotatable bonds is 6. The number of furan rings is 1. The summed E-state index contributed by atoms with van der Waals surface area (Å²) in [5.41, 5.74) is 7.00. The minimum atomic E-state index is -0.490. The lowest BCUT2D eigenvalue weighted by Crippen LogP contribution is -2.30. The number of aromatic nitrogens is 3. The number of para-hydroxylation sites is 1. The summed E-state index contributed by atoms with van der Waals surface area (Å²) >= 11 is 0. The maximum atomic E-state index is 12.6. The molecule has 4 aromatic rings. The van der Waals surface area contributed by atoms with E-state index >= 15 is 0 Å². The van der Waals surface area contributed by atoms with Crippen LogP contribution in [0.4, 0.5) is 0 Å². The number of pyridine rings is 1. The highest BCUT2D eigenvalue weighted by molar-refractivity contribution is 5.80. The van der Waals surface area contributed by atoms with Gasteiger partial charge in [-0.15, -0.1) is 10.2 Å². The second-order valence-corrected chi connectivity index (χ2v) is 5.94. The van der Waals surface area contributed by atoms with Crippen molar-refractivity contribution in [2.45, 2.75) is 19.0 Å². The van der Waals surface area contributed by atoms with Crippen molar-refractivity contribution in [3.05, 3.63) is 78.0 Å². The highest BCUT2D eigenvalue weighted by Gasteiger charge is 2.22. The predicted molar refractivity (Wildman–Crippen MR) is 96.3 cm³/mol. The highest BCUT2D eigenvalue weighted by Crippen LogP contribution is 2.28. The zero-order valence-corrected chi connectivity index (χ0v) is 14.3. The highest BCUT2D eigenvalue weighted by atomic mass is 16.4. The molecule has 3 N–H and O–H groups in total. The summed E-state index contributed by atoms with van der Waals surface area (Å²) < 4.78 is 11.2. The van der Waals surface area contributed by atoms with Gasteiger partial charge in [0.25, 0.3) is 0 Å². The standard InChI is InChI=1S/C19H17N5O3/c20-10-18-24-23-17(27-18)9-16(25)22-19(13-5-3-7-21-11-13)15-8-12-4-1-2-6-14(12)26-15/h1-8,11,19H,9-10,20H2,(H,22,25). The zero-order chi connectivity index (χ0) is 18.6. The fourth-order valence-corrected chi connectivity index (χ4v) is 2.80. The van der Waals surface area contributed by atoms with Crippen LogP contribution >= 0.6 is 0 Å². The number of nitrogens with one attached hydrogen (secondary N) is 1. The van der Waals surface area contributed by atoms with Crippen molar-refractivity contribution in [2.75, 3.05) is 0 Å². The third kappa shape index (κ3) is 3.70. The van der Waals surface area contributed by atoms with Crippen LogP contribution in [0.5, 0.6) is 0 Å². The van der Waals surface area contributed by atoms with Gasteiger partial charge in [0.1, 0.15) is 23.8 Å². The van der Waals surface area contributed by atoms with E-state index < -0.39 is 6.04 Å². The minimum absolute atomic E-state index is 0.0516. The lowest BCUT2D eigenvalue weighted by Gasteiger charge is -2.16. The Bertz CT molecular complexity index is 1020. The Kier molecular flexibility index (Phi) is 4.63. The van der Waals surface area contributed by atoms with Gasteiger partial charge in [0.05, 0.1) is 6.54 Å². The lowest BCUT2D eigenvalue weighted by molar-refractivity contribution is -0.121. The van der Waals surface area contributed by atoms with Crippen molar-refractivity contribution < 1.29 is 13.6 Å². The Labute approximate surface area is 154 Å². The molecule has 27 heavy (non-hydrogen) atoms. The molecule has 4 rings (SSSR count). The molecule has 0 radical (unpaired) electrons. The van der Waals surface area contributed by atoms with Crippen LogP contribution in [-0.2, 0) is 17.8 Å². The third-order valence-corrected chi connectivity index (χ3v) is 4.05. The van der Waals surface area contributed by atoms with E-state index in [9.17, 15) is 4.79 Å². The number of amides is 1. The molecule has 8 nitrogen and oxygen atoms in total. The molecular formula is C19H17N5O3. The molecule has 0 aliphatic carbocycles. The topological polar surface area (TPSA) is 120 Å². The van der Waals surface area contributed by atoms with Crippen LogP contribution in [-0.4, -0.2) is 21.1 Å². The average molecular weight is 363 g/mol.